The van der Waals surface area contributed by atoms with Crippen molar-refractivity contribution in [2.45, 2.75) is 35.5 Å². The molecule has 1 aromatic carbocycles. The number of halogens is 4. The summed E-state index contributed by atoms with van der Waals surface area (Å²) in [6.07, 6.45) is 0.520. The van der Waals surface area contributed by atoms with Crippen molar-refractivity contribution in [3.05, 3.63) is 29.3 Å². The Morgan fingerprint density at radius 3 is 2.50 bits per heavy atom. The Bertz CT molecular complexity index is 445. The summed E-state index contributed by atoms with van der Waals surface area (Å²) < 4.78 is 37.3. The Kier molecular flexibility index (Phi) is 5.28. The number of thioether (sulfide) groups is 1. The van der Waals surface area contributed by atoms with Crippen molar-refractivity contribution in [1.29, 1.82) is 0 Å². The second-order valence-corrected chi connectivity index (χ2v) is 5.76. The molecule has 0 aromatic heterocycles. The lowest BCUT2D eigenvalue weighted by Gasteiger charge is -2.13. The zero-order chi connectivity index (χ0) is 13.9. The van der Waals surface area contributed by atoms with Gasteiger partial charge in [0.2, 0.25) is 0 Å². The molecule has 6 heteroatoms. The third-order valence-corrected chi connectivity index (χ3v) is 4.35. The van der Waals surface area contributed by atoms with Crippen molar-refractivity contribution in [1.82, 2.24) is 0 Å². The number of benzene rings is 1. The Morgan fingerprint density at radius 2 is 2.06 bits per heavy atom. The van der Waals surface area contributed by atoms with Gasteiger partial charge in [0.1, 0.15) is 5.78 Å². The summed E-state index contributed by atoms with van der Waals surface area (Å²) in [6.45, 7) is 3.19. The van der Waals surface area contributed by atoms with E-state index in [-0.39, 0.29) is 22.4 Å². The smallest absolute Gasteiger partial charge is 0.298 e. The van der Waals surface area contributed by atoms with Crippen molar-refractivity contribution >= 4 is 33.5 Å². The van der Waals surface area contributed by atoms with E-state index in [1.165, 1.54) is 13.0 Å². The summed E-state index contributed by atoms with van der Waals surface area (Å²) in [5.41, 5.74) is -3.14. The normalized spacial score (nSPS) is 13.4. The van der Waals surface area contributed by atoms with Gasteiger partial charge in [-0.3, -0.25) is 4.79 Å². The average molecular weight is 341 g/mol. The predicted molar refractivity (Wildman–Crippen MR) is 70.1 cm³/mol. The van der Waals surface area contributed by atoms with Crippen LogP contribution in [-0.2, 0) is 11.2 Å². The van der Waals surface area contributed by atoms with Crippen molar-refractivity contribution in [2.24, 2.45) is 0 Å². The molecular formula is C12H12BrF3OS. The fourth-order valence-electron chi connectivity index (χ4n) is 1.48. The first-order chi connectivity index (χ1) is 8.24. The van der Waals surface area contributed by atoms with Gasteiger partial charge >= 0.3 is 5.51 Å². The zero-order valence-electron chi connectivity index (χ0n) is 9.84. The van der Waals surface area contributed by atoms with E-state index in [1.807, 2.05) is 0 Å². The Labute approximate surface area is 116 Å². The molecule has 0 aliphatic rings. The molecule has 0 N–H and O–H groups in total. The minimum atomic E-state index is -4.32. The topological polar surface area (TPSA) is 17.1 Å². The molecule has 0 saturated heterocycles. The summed E-state index contributed by atoms with van der Waals surface area (Å²) in [4.78, 5) is 10.8. The quantitative estimate of drug-likeness (QED) is 0.573. The van der Waals surface area contributed by atoms with E-state index in [9.17, 15) is 18.0 Å². The molecule has 0 spiro atoms. The molecule has 0 aliphatic heterocycles. The lowest BCUT2D eigenvalue weighted by molar-refractivity contribution is -0.116. The van der Waals surface area contributed by atoms with Crippen molar-refractivity contribution in [2.75, 3.05) is 0 Å². The van der Waals surface area contributed by atoms with Gasteiger partial charge in [-0.25, -0.2) is 0 Å². The van der Waals surface area contributed by atoms with E-state index in [2.05, 4.69) is 15.9 Å². The monoisotopic (exact) mass is 340 g/mol. The molecule has 1 aromatic rings. The van der Waals surface area contributed by atoms with Gasteiger partial charge in [0, 0.05) is 4.90 Å². The molecule has 0 fully saturated rings. The van der Waals surface area contributed by atoms with Crippen LogP contribution >= 0.6 is 27.7 Å². The van der Waals surface area contributed by atoms with Gasteiger partial charge in [-0.1, -0.05) is 35.0 Å². The number of rotatable bonds is 4. The molecule has 1 nitrogen and oxygen atoms in total. The second kappa shape index (κ2) is 6.10. The highest BCUT2D eigenvalue weighted by Gasteiger charge is 2.30. The summed E-state index contributed by atoms with van der Waals surface area (Å²) in [7, 11) is 0. The van der Waals surface area contributed by atoms with Crippen molar-refractivity contribution < 1.29 is 18.0 Å². The number of aryl methyl sites for hydroxylation is 1. The molecular weight excluding hydrogens is 329 g/mol. The van der Waals surface area contributed by atoms with Gasteiger partial charge in [0.05, 0.1) is 4.83 Å². The summed E-state index contributed by atoms with van der Waals surface area (Å²) in [6, 6.07) is 4.75. The first-order valence-corrected chi connectivity index (χ1v) is 7.01. The van der Waals surface area contributed by atoms with Gasteiger partial charge in [-0.05, 0) is 42.3 Å². The fourth-order valence-corrected chi connectivity index (χ4v) is 2.55. The molecule has 18 heavy (non-hydrogen) atoms. The maximum absolute atomic E-state index is 12.4. The SMILES string of the molecule is CCc1ccc(C(Br)C(C)=O)cc1SC(F)(F)F. The first-order valence-electron chi connectivity index (χ1n) is 5.27. The third-order valence-electron chi connectivity index (χ3n) is 2.35. The number of hydrogen-bond acceptors (Lipinski definition) is 2. The van der Waals surface area contributed by atoms with E-state index < -0.39 is 10.3 Å². The van der Waals surface area contributed by atoms with E-state index in [0.717, 1.165) is 0 Å². The van der Waals surface area contributed by atoms with E-state index in [0.29, 0.717) is 17.5 Å². The largest absolute Gasteiger partial charge is 0.446 e. The third kappa shape index (κ3) is 4.31. The predicted octanol–water partition coefficient (Wildman–Crippen LogP) is 4.89. The van der Waals surface area contributed by atoms with E-state index >= 15 is 0 Å². The number of Topliss-reactive ketones (excluding diaryl/α,β-unsaturated/α-hetero) is 1. The van der Waals surface area contributed by atoms with Crippen LogP contribution in [0.4, 0.5) is 13.2 Å². The number of hydrogen-bond donors (Lipinski definition) is 0. The summed E-state index contributed by atoms with van der Waals surface area (Å²) >= 11 is 3.03. The molecule has 0 saturated carbocycles. The highest BCUT2D eigenvalue weighted by atomic mass is 79.9. The van der Waals surface area contributed by atoms with Crippen LogP contribution in [0.2, 0.25) is 0 Å². The van der Waals surface area contributed by atoms with Gasteiger partial charge in [-0.15, -0.1) is 0 Å². The van der Waals surface area contributed by atoms with Crippen LogP contribution in [0, 0.1) is 0 Å². The summed E-state index contributed by atoms with van der Waals surface area (Å²) in [5.74, 6) is -0.137. The van der Waals surface area contributed by atoms with Gasteiger partial charge < -0.3 is 0 Å². The minimum Gasteiger partial charge on any atom is -0.298 e. The van der Waals surface area contributed by atoms with Crippen LogP contribution in [-0.4, -0.2) is 11.3 Å². The van der Waals surface area contributed by atoms with Gasteiger partial charge in [0.25, 0.3) is 0 Å². The maximum atomic E-state index is 12.4. The van der Waals surface area contributed by atoms with Crippen LogP contribution < -0.4 is 0 Å². The fraction of sp³-hybridized carbons (Fsp3) is 0.417. The number of carbonyl (C=O) groups is 1. The number of ketones is 1. The lowest BCUT2D eigenvalue weighted by Crippen LogP contribution is -2.04. The maximum Gasteiger partial charge on any atom is 0.446 e. The molecule has 1 rings (SSSR count). The summed E-state index contributed by atoms with van der Waals surface area (Å²) in [5, 5.41) is 0. The molecule has 0 bridgehead atoms. The van der Waals surface area contributed by atoms with Crippen LogP contribution in [0.5, 0.6) is 0 Å². The van der Waals surface area contributed by atoms with Crippen LogP contribution in [0.25, 0.3) is 0 Å². The molecule has 1 unspecified atom stereocenters. The van der Waals surface area contributed by atoms with E-state index in [1.54, 1.807) is 19.1 Å². The highest BCUT2D eigenvalue weighted by molar-refractivity contribution is 9.09. The Hall–Kier alpha value is -0.490. The number of carbonyl (C=O) groups excluding carboxylic acids is 1. The van der Waals surface area contributed by atoms with Crippen molar-refractivity contribution in [3.8, 4) is 0 Å². The lowest BCUT2D eigenvalue weighted by atomic mass is 10.1. The van der Waals surface area contributed by atoms with Gasteiger partial charge in [-0.2, -0.15) is 13.2 Å². The number of alkyl halides is 4. The minimum absolute atomic E-state index is 0.137. The van der Waals surface area contributed by atoms with Crippen molar-refractivity contribution in [3.63, 3.8) is 0 Å². The van der Waals surface area contributed by atoms with Gasteiger partial charge in [0.15, 0.2) is 0 Å². The first kappa shape index (κ1) is 15.6. The van der Waals surface area contributed by atoms with Crippen LogP contribution in [0.1, 0.15) is 29.8 Å². The molecule has 0 aliphatic carbocycles. The molecule has 100 valence electrons. The standard InChI is InChI=1S/C12H12BrF3OS/c1-3-8-4-5-9(11(13)7(2)17)6-10(8)18-12(14,15)16/h4-6,11H,3H2,1-2H3. The Morgan fingerprint density at radius 1 is 1.44 bits per heavy atom. The van der Waals surface area contributed by atoms with Crippen LogP contribution in [0.15, 0.2) is 23.1 Å². The molecule has 0 heterocycles. The average Bonchev–Trinajstić information content (AvgIpc) is 2.25. The second-order valence-electron chi connectivity index (χ2n) is 3.74. The Balaban J connectivity index is 3.13. The van der Waals surface area contributed by atoms with Crippen LogP contribution in [0.3, 0.4) is 0 Å². The molecule has 0 amide bonds. The highest BCUT2D eigenvalue weighted by Crippen LogP contribution is 2.40. The zero-order valence-corrected chi connectivity index (χ0v) is 12.2. The van der Waals surface area contributed by atoms with E-state index in [4.69, 9.17) is 0 Å². The molecule has 0 radical (unpaired) electrons. The molecule has 1 atom stereocenters.